The molecule has 0 radical (unpaired) electrons. The monoisotopic (exact) mass is 371 g/mol. The van der Waals surface area contributed by atoms with Crippen molar-refractivity contribution in [1.82, 2.24) is 15.1 Å². The van der Waals surface area contributed by atoms with Crippen molar-refractivity contribution < 1.29 is 13.6 Å². The van der Waals surface area contributed by atoms with Crippen molar-refractivity contribution >= 4 is 17.2 Å². The van der Waals surface area contributed by atoms with E-state index in [4.69, 9.17) is 4.42 Å². The third kappa shape index (κ3) is 3.67. The van der Waals surface area contributed by atoms with Crippen LogP contribution in [-0.4, -0.2) is 34.1 Å². The Morgan fingerprint density at radius 3 is 2.65 bits per heavy atom. The van der Waals surface area contributed by atoms with E-state index in [0.29, 0.717) is 25.4 Å². The van der Waals surface area contributed by atoms with Crippen molar-refractivity contribution in [3.05, 3.63) is 59.0 Å². The van der Waals surface area contributed by atoms with Gasteiger partial charge in [0.15, 0.2) is 10.8 Å². The maximum Gasteiger partial charge on any atom is 0.226 e. The predicted octanol–water partition coefficient (Wildman–Crippen LogP) is 3.89. The van der Waals surface area contributed by atoms with Gasteiger partial charge in [-0.25, -0.2) is 4.39 Å². The first-order valence-corrected chi connectivity index (χ1v) is 9.40. The quantitative estimate of drug-likeness (QED) is 0.698. The van der Waals surface area contributed by atoms with E-state index in [2.05, 4.69) is 10.2 Å². The predicted molar refractivity (Wildman–Crippen MR) is 96.3 cm³/mol. The molecule has 0 unspecified atom stereocenters. The van der Waals surface area contributed by atoms with Crippen molar-refractivity contribution in [3.8, 4) is 10.8 Å². The number of halogens is 1. The Labute approximate surface area is 154 Å². The second-order valence-corrected chi connectivity index (χ2v) is 7.39. The van der Waals surface area contributed by atoms with Gasteiger partial charge in [-0.15, -0.1) is 10.2 Å². The molecule has 1 amide bonds. The molecule has 26 heavy (non-hydrogen) atoms. The minimum Gasteiger partial charge on any atom is -0.462 e. The lowest BCUT2D eigenvalue weighted by Gasteiger charge is -2.31. The van der Waals surface area contributed by atoms with Gasteiger partial charge in [-0.2, -0.15) is 0 Å². The fourth-order valence-corrected chi connectivity index (χ4v) is 4.14. The van der Waals surface area contributed by atoms with Crippen LogP contribution in [0.4, 0.5) is 4.39 Å². The zero-order valence-electron chi connectivity index (χ0n) is 14.1. The Morgan fingerprint density at radius 2 is 1.96 bits per heavy atom. The van der Waals surface area contributed by atoms with Crippen LogP contribution in [0.1, 0.15) is 29.3 Å². The van der Waals surface area contributed by atoms with E-state index >= 15 is 0 Å². The molecule has 1 fully saturated rings. The molecule has 134 valence electrons. The van der Waals surface area contributed by atoms with Crippen molar-refractivity contribution in [2.45, 2.75) is 25.2 Å². The van der Waals surface area contributed by atoms with Gasteiger partial charge in [-0.1, -0.05) is 23.5 Å². The second-order valence-electron chi connectivity index (χ2n) is 6.38. The number of benzene rings is 1. The van der Waals surface area contributed by atoms with Crippen LogP contribution in [0.15, 0.2) is 47.1 Å². The van der Waals surface area contributed by atoms with E-state index in [1.807, 2.05) is 17.0 Å². The molecule has 0 spiro atoms. The van der Waals surface area contributed by atoms with Gasteiger partial charge in [-0.3, -0.25) is 4.79 Å². The number of furan rings is 1. The molecule has 0 N–H and O–H groups in total. The lowest BCUT2D eigenvalue weighted by atomic mass is 9.97. The number of amides is 1. The van der Waals surface area contributed by atoms with Crippen molar-refractivity contribution in [1.29, 1.82) is 0 Å². The van der Waals surface area contributed by atoms with Crippen LogP contribution >= 0.6 is 11.3 Å². The summed E-state index contributed by atoms with van der Waals surface area (Å²) in [4.78, 5) is 14.3. The van der Waals surface area contributed by atoms with Crippen LogP contribution in [0.2, 0.25) is 0 Å². The Bertz CT molecular complexity index is 869. The molecule has 0 atom stereocenters. The summed E-state index contributed by atoms with van der Waals surface area (Å²) in [6.45, 7) is 1.42. The summed E-state index contributed by atoms with van der Waals surface area (Å²) in [7, 11) is 0. The third-order valence-corrected chi connectivity index (χ3v) is 5.74. The Morgan fingerprint density at radius 1 is 1.19 bits per heavy atom. The van der Waals surface area contributed by atoms with Gasteiger partial charge in [0.25, 0.3) is 0 Å². The van der Waals surface area contributed by atoms with Crippen LogP contribution in [0.5, 0.6) is 0 Å². The lowest BCUT2D eigenvalue weighted by molar-refractivity contribution is -0.131. The molecule has 0 saturated carbocycles. The maximum absolute atomic E-state index is 13.0. The highest BCUT2D eigenvalue weighted by atomic mass is 32.1. The zero-order valence-corrected chi connectivity index (χ0v) is 14.9. The largest absolute Gasteiger partial charge is 0.462 e. The van der Waals surface area contributed by atoms with Crippen molar-refractivity contribution in [3.63, 3.8) is 0 Å². The minimum absolute atomic E-state index is 0.0867. The van der Waals surface area contributed by atoms with E-state index in [9.17, 15) is 9.18 Å². The van der Waals surface area contributed by atoms with E-state index in [0.717, 1.165) is 34.2 Å². The van der Waals surface area contributed by atoms with Gasteiger partial charge in [0.1, 0.15) is 10.8 Å². The summed E-state index contributed by atoms with van der Waals surface area (Å²) in [6.07, 6.45) is 3.69. The fourth-order valence-electron chi connectivity index (χ4n) is 3.16. The topological polar surface area (TPSA) is 59.2 Å². The van der Waals surface area contributed by atoms with Crippen LogP contribution in [0, 0.1) is 5.82 Å². The number of rotatable bonds is 4. The van der Waals surface area contributed by atoms with E-state index < -0.39 is 0 Å². The van der Waals surface area contributed by atoms with E-state index in [1.54, 1.807) is 29.7 Å². The minimum atomic E-state index is -0.284. The summed E-state index contributed by atoms with van der Waals surface area (Å²) in [5.74, 6) is 0.864. The number of likely N-dealkylation sites (tertiary alicyclic amines) is 1. The van der Waals surface area contributed by atoms with E-state index in [1.165, 1.54) is 12.1 Å². The molecule has 0 bridgehead atoms. The third-order valence-electron chi connectivity index (χ3n) is 4.64. The summed E-state index contributed by atoms with van der Waals surface area (Å²) in [5, 5.41) is 10.3. The molecule has 1 aliphatic heterocycles. The average Bonchev–Trinajstić information content (AvgIpc) is 3.35. The van der Waals surface area contributed by atoms with Gasteiger partial charge in [0, 0.05) is 19.0 Å². The highest BCUT2D eigenvalue weighted by molar-refractivity contribution is 7.14. The van der Waals surface area contributed by atoms with Gasteiger partial charge < -0.3 is 9.32 Å². The van der Waals surface area contributed by atoms with Gasteiger partial charge >= 0.3 is 0 Å². The molecule has 2 aromatic heterocycles. The van der Waals surface area contributed by atoms with Gasteiger partial charge in [-0.05, 0) is 42.7 Å². The standard InChI is InChI=1S/C19H18FN3O2S/c20-15-5-3-13(4-6-15)12-17(24)23-9-7-14(8-10-23)18-21-22-19(26-18)16-2-1-11-25-16/h1-6,11,14H,7-10,12H2. The van der Waals surface area contributed by atoms with Crippen LogP contribution in [0.3, 0.4) is 0 Å². The number of hydrogen-bond donors (Lipinski definition) is 0. The first kappa shape index (κ1) is 16.9. The second kappa shape index (κ2) is 7.37. The molecule has 3 heterocycles. The molecule has 7 heteroatoms. The number of nitrogens with zero attached hydrogens (tertiary/aromatic N) is 3. The molecule has 5 nitrogen and oxygen atoms in total. The smallest absolute Gasteiger partial charge is 0.226 e. The Balaban J connectivity index is 1.33. The number of carbonyl (C=O) groups excluding carboxylic acids is 1. The average molecular weight is 371 g/mol. The first-order valence-electron chi connectivity index (χ1n) is 8.58. The molecule has 0 aliphatic carbocycles. The molecule has 1 aromatic carbocycles. The lowest BCUT2D eigenvalue weighted by Crippen LogP contribution is -2.38. The molecule has 1 saturated heterocycles. The Hall–Kier alpha value is -2.54. The summed E-state index contributed by atoms with van der Waals surface area (Å²) >= 11 is 1.56. The van der Waals surface area contributed by atoms with Crippen molar-refractivity contribution in [2.24, 2.45) is 0 Å². The van der Waals surface area contributed by atoms with E-state index in [-0.39, 0.29) is 11.7 Å². The van der Waals surface area contributed by atoms with Gasteiger partial charge in [0.05, 0.1) is 12.7 Å². The SMILES string of the molecule is O=C(Cc1ccc(F)cc1)N1CCC(c2nnc(-c3ccco3)s2)CC1. The summed E-state index contributed by atoms with van der Waals surface area (Å²) in [6, 6.07) is 9.82. The van der Waals surface area contributed by atoms with Crippen LogP contribution in [-0.2, 0) is 11.2 Å². The van der Waals surface area contributed by atoms with Gasteiger partial charge in [0.2, 0.25) is 5.91 Å². The fraction of sp³-hybridized carbons (Fsp3) is 0.316. The summed E-state index contributed by atoms with van der Waals surface area (Å²) in [5.41, 5.74) is 0.839. The molecular formula is C19H18FN3O2S. The molecule has 4 rings (SSSR count). The number of aromatic nitrogens is 2. The van der Waals surface area contributed by atoms with Crippen LogP contribution in [0.25, 0.3) is 10.8 Å². The Kier molecular flexibility index (Phi) is 4.79. The van der Waals surface area contributed by atoms with Crippen molar-refractivity contribution in [2.75, 3.05) is 13.1 Å². The molecular weight excluding hydrogens is 353 g/mol. The molecule has 1 aliphatic rings. The summed E-state index contributed by atoms with van der Waals surface area (Å²) < 4.78 is 18.3. The maximum atomic E-state index is 13.0. The number of hydrogen-bond acceptors (Lipinski definition) is 5. The normalized spacial score (nSPS) is 15.3. The highest BCUT2D eigenvalue weighted by Crippen LogP contribution is 2.33. The molecule has 3 aromatic rings. The van der Waals surface area contributed by atoms with Crippen LogP contribution < -0.4 is 0 Å². The number of piperidine rings is 1. The number of carbonyl (C=O) groups is 1. The first-order chi connectivity index (χ1) is 12.7. The zero-order chi connectivity index (χ0) is 17.9. The highest BCUT2D eigenvalue weighted by Gasteiger charge is 2.26.